The molecular formula is C23H18N4O3. The van der Waals surface area contributed by atoms with Gasteiger partial charge in [0.25, 0.3) is 5.91 Å². The first-order valence-electron chi connectivity index (χ1n) is 9.56. The lowest BCUT2D eigenvalue weighted by molar-refractivity contribution is 0.102. The van der Waals surface area contributed by atoms with Crippen molar-refractivity contribution in [1.82, 2.24) is 9.97 Å². The summed E-state index contributed by atoms with van der Waals surface area (Å²) in [6.07, 6.45) is 3.33. The molecular weight excluding hydrogens is 380 g/mol. The van der Waals surface area contributed by atoms with E-state index in [1.807, 2.05) is 24.3 Å². The fraction of sp³-hybridized carbons (Fsp3) is 0.0870. The second kappa shape index (κ2) is 7.71. The zero-order chi connectivity index (χ0) is 20.3. The molecule has 0 spiro atoms. The van der Waals surface area contributed by atoms with Crippen molar-refractivity contribution in [3.63, 3.8) is 0 Å². The average Bonchev–Trinajstić information content (AvgIpc) is 2.79. The molecule has 30 heavy (non-hydrogen) atoms. The number of carbonyl (C=O) groups is 1. The van der Waals surface area contributed by atoms with Crippen molar-refractivity contribution in [3.8, 4) is 17.2 Å². The predicted octanol–water partition coefficient (Wildman–Crippen LogP) is 4.48. The predicted molar refractivity (Wildman–Crippen MR) is 114 cm³/mol. The van der Waals surface area contributed by atoms with Gasteiger partial charge in [-0.3, -0.25) is 9.78 Å². The monoisotopic (exact) mass is 398 g/mol. The maximum absolute atomic E-state index is 12.4. The summed E-state index contributed by atoms with van der Waals surface area (Å²) in [5, 5.41) is 6.97. The van der Waals surface area contributed by atoms with Gasteiger partial charge >= 0.3 is 0 Å². The molecule has 0 radical (unpaired) electrons. The maximum Gasteiger partial charge on any atom is 0.256 e. The second-order valence-electron chi connectivity index (χ2n) is 6.75. The SMILES string of the molecule is O=C(Nc1ccccn1)c1ccc(Oc2ccnc3cc4c(cc23)NCCO4)cc1. The number of benzene rings is 2. The van der Waals surface area contributed by atoms with Gasteiger partial charge in [-0.15, -0.1) is 0 Å². The summed E-state index contributed by atoms with van der Waals surface area (Å²) >= 11 is 0. The lowest BCUT2D eigenvalue weighted by Crippen LogP contribution is -2.17. The van der Waals surface area contributed by atoms with Crippen molar-refractivity contribution in [2.45, 2.75) is 0 Å². The third-order valence-electron chi connectivity index (χ3n) is 4.73. The first-order valence-corrected chi connectivity index (χ1v) is 9.56. The average molecular weight is 398 g/mol. The molecule has 2 aromatic carbocycles. The van der Waals surface area contributed by atoms with Crippen molar-refractivity contribution in [1.29, 1.82) is 0 Å². The molecule has 148 valence electrons. The maximum atomic E-state index is 12.4. The van der Waals surface area contributed by atoms with Crippen LogP contribution < -0.4 is 20.1 Å². The number of nitrogens with one attached hydrogen (secondary N) is 2. The van der Waals surface area contributed by atoms with Gasteiger partial charge in [-0.1, -0.05) is 6.07 Å². The van der Waals surface area contributed by atoms with Crippen molar-refractivity contribution in [2.75, 3.05) is 23.8 Å². The normalized spacial score (nSPS) is 12.4. The second-order valence-corrected chi connectivity index (χ2v) is 6.75. The van der Waals surface area contributed by atoms with E-state index in [0.29, 0.717) is 29.5 Å². The van der Waals surface area contributed by atoms with E-state index in [-0.39, 0.29) is 5.91 Å². The Bertz CT molecular complexity index is 1210. The third kappa shape index (κ3) is 3.60. The fourth-order valence-electron chi connectivity index (χ4n) is 3.27. The molecule has 0 atom stereocenters. The number of fused-ring (bicyclic) bond motifs is 2. The van der Waals surface area contributed by atoms with Gasteiger partial charge in [-0.25, -0.2) is 4.98 Å². The van der Waals surface area contributed by atoms with Crippen LogP contribution in [-0.4, -0.2) is 29.0 Å². The van der Waals surface area contributed by atoms with Crippen molar-refractivity contribution >= 4 is 28.3 Å². The summed E-state index contributed by atoms with van der Waals surface area (Å²) in [6.45, 7) is 1.39. The highest BCUT2D eigenvalue weighted by molar-refractivity contribution is 6.03. The number of ether oxygens (including phenoxy) is 2. The quantitative estimate of drug-likeness (QED) is 0.527. The molecule has 2 N–H and O–H groups in total. The molecule has 0 unspecified atom stereocenters. The number of aromatic nitrogens is 2. The molecule has 3 heterocycles. The fourth-order valence-corrected chi connectivity index (χ4v) is 3.27. The van der Waals surface area contributed by atoms with Crippen LogP contribution in [0.25, 0.3) is 10.9 Å². The zero-order valence-corrected chi connectivity index (χ0v) is 16.0. The van der Waals surface area contributed by atoms with Gasteiger partial charge in [0.2, 0.25) is 0 Å². The van der Waals surface area contributed by atoms with E-state index in [1.54, 1.807) is 48.8 Å². The summed E-state index contributed by atoms with van der Waals surface area (Å²) in [7, 11) is 0. The van der Waals surface area contributed by atoms with Gasteiger partial charge in [-0.05, 0) is 48.5 Å². The van der Waals surface area contributed by atoms with Gasteiger partial charge in [0.05, 0.1) is 11.2 Å². The Kier molecular flexibility index (Phi) is 4.61. The Labute approximate surface area is 172 Å². The van der Waals surface area contributed by atoms with Crippen molar-refractivity contribution < 1.29 is 14.3 Å². The minimum Gasteiger partial charge on any atom is -0.490 e. The van der Waals surface area contributed by atoms with Crippen LogP contribution in [0.2, 0.25) is 0 Å². The Morgan fingerprint density at radius 2 is 1.93 bits per heavy atom. The minimum atomic E-state index is -0.229. The third-order valence-corrected chi connectivity index (χ3v) is 4.73. The summed E-state index contributed by atoms with van der Waals surface area (Å²) in [4.78, 5) is 20.9. The number of pyridine rings is 2. The minimum absolute atomic E-state index is 0.229. The molecule has 1 amide bonds. The molecule has 7 nitrogen and oxygen atoms in total. The molecule has 2 aromatic heterocycles. The molecule has 0 bridgehead atoms. The molecule has 5 rings (SSSR count). The molecule has 0 aliphatic carbocycles. The van der Waals surface area contributed by atoms with Crippen LogP contribution >= 0.6 is 0 Å². The first-order chi connectivity index (χ1) is 14.8. The van der Waals surface area contributed by atoms with E-state index in [0.717, 1.165) is 28.9 Å². The van der Waals surface area contributed by atoms with Crippen molar-refractivity contribution in [3.05, 3.63) is 78.6 Å². The van der Waals surface area contributed by atoms with Crippen LogP contribution in [0.3, 0.4) is 0 Å². The highest BCUT2D eigenvalue weighted by Gasteiger charge is 2.14. The van der Waals surface area contributed by atoms with Crippen LogP contribution in [0, 0.1) is 0 Å². The summed E-state index contributed by atoms with van der Waals surface area (Å²) in [5.74, 6) is 2.38. The number of anilines is 2. The van der Waals surface area contributed by atoms with E-state index in [1.165, 1.54) is 0 Å². The van der Waals surface area contributed by atoms with Crippen LogP contribution in [-0.2, 0) is 0 Å². The van der Waals surface area contributed by atoms with Crippen LogP contribution in [0.15, 0.2) is 73.1 Å². The number of rotatable bonds is 4. The molecule has 1 aliphatic heterocycles. The Hall–Kier alpha value is -4.13. The van der Waals surface area contributed by atoms with Gasteiger partial charge < -0.3 is 20.1 Å². The molecule has 0 saturated heterocycles. The summed E-state index contributed by atoms with van der Waals surface area (Å²) in [5.41, 5.74) is 2.23. The number of carbonyl (C=O) groups excluding carboxylic acids is 1. The largest absolute Gasteiger partial charge is 0.490 e. The topological polar surface area (TPSA) is 85.4 Å². The van der Waals surface area contributed by atoms with Gasteiger partial charge in [0, 0.05) is 36.0 Å². The van der Waals surface area contributed by atoms with Crippen LogP contribution in [0.5, 0.6) is 17.2 Å². The number of amides is 1. The first kappa shape index (κ1) is 17.9. The van der Waals surface area contributed by atoms with E-state index in [9.17, 15) is 4.79 Å². The standard InChI is InChI=1S/C23H18N4O3/c28-23(27-22-3-1-2-9-26-22)15-4-6-16(7-5-15)30-20-8-10-24-18-14-21-19(13-17(18)20)25-11-12-29-21/h1-10,13-14,25H,11-12H2,(H,26,27,28). The van der Waals surface area contributed by atoms with Gasteiger partial charge in [-0.2, -0.15) is 0 Å². The van der Waals surface area contributed by atoms with E-state index >= 15 is 0 Å². The molecule has 0 saturated carbocycles. The number of hydrogen-bond donors (Lipinski definition) is 2. The van der Waals surface area contributed by atoms with Crippen molar-refractivity contribution in [2.24, 2.45) is 0 Å². The van der Waals surface area contributed by atoms with Gasteiger partial charge in [0.1, 0.15) is 29.7 Å². The highest BCUT2D eigenvalue weighted by atomic mass is 16.5. The van der Waals surface area contributed by atoms with Crippen LogP contribution in [0.4, 0.5) is 11.5 Å². The molecule has 7 heteroatoms. The molecule has 1 aliphatic rings. The summed E-state index contributed by atoms with van der Waals surface area (Å²) < 4.78 is 11.8. The van der Waals surface area contributed by atoms with E-state index < -0.39 is 0 Å². The Morgan fingerprint density at radius 3 is 2.77 bits per heavy atom. The van der Waals surface area contributed by atoms with Crippen LogP contribution in [0.1, 0.15) is 10.4 Å². The molecule has 4 aromatic rings. The highest BCUT2D eigenvalue weighted by Crippen LogP contribution is 2.36. The van der Waals surface area contributed by atoms with Gasteiger partial charge in [0.15, 0.2) is 0 Å². The summed E-state index contributed by atoms with van der Waals surface area (Å²) in [6, 6.07) is 18.0. The lowest BCUT2D eigenvalue weighted by Gasteiger charge is -2.20. The van der Waals surface area contributed by atoms with E-state index in [2.05, 4.69) is 20.6 Å². The Balaban J connectivity index is 1.37. The molecule has 0 fully saturated rings. The Morgan fingerprint density at radius 1 is 1.03 bits per heavy atom. The number of hydrogen-bond acceptors (Lipinski definition) is 6. The zero-order valence-electron chi connectivity index (χ0n) is 16.0. The smallest absolute Gasteiger partial charge is 0.256 e. The van der Waals surface area contributed by atoms with E-state index in [4.69, 9.17) is 9.47 Å². The number of nitrogens with zero attached hydrogens (tertiary/aromatic N) is 2. The lowest BCUT2D eigenvalue weighted by atomic mass is 10.1.